The number of halogens is 2. The lowest BCUT2D eigenvalue weighted by Gasteiger charge is -2.30. The summed E-state index contributed by atoms with van der Waals surface area (Å²) in [6.07, 6.45) is 3.44. The molecule has 1 aliphatic carbocycles. The summed E-state index contributed by atoms with van der Waals surface area (Å²) in [4.78, 5) is 38.2. The van der Waals surface area contributed by atoms with E-state index in [4.69, 9.17) is 0 Å². The molecule has 1 saturated carbocycles. The minimum atomic E-state index is -1.19. The van der Waals surface area contributed by atoms with E-state index in [1.54, 1.807) is 0 Å². The zero-order valence-electron chi connectivity index (χ0n) is 16.3. The van der Waals surface area contributed by atoms with E-state index in [1.807, 2.05) is 18.2 Å². The van der Waals surface area contributed by atoms with Gasteiger partial charge in [-0.2, -0.15) is 0 Å². The van der Waals surface area contributed by atoms with Gasteiger partial charge in [-0.3, -0.25) is 14.4 Å². The van der Waals surface area contributed by atoms with Crippen molar-refractivity contribution in [2.24, 2.45) is 5.92 Å². The molecule has 2 aliphatic rings. The number of rotatable bonds is 4. The second-order valence-electron chi connectivity index (χ2n) is 7.90. The second kappa shape index (κ2) is 8.34. The molecule has 156 valence electrons. The third-order valence-electron chi connectivity index (χ3n) is 6.00. The molecule has 0 spiro atoms. The lowest BCUT2D eigenvalue weighted by molar-refractivity contribution is -0.139. The molecule has 2 aromatic carbocycles. The van der Waals surface area contributed by atoms with Crippen LogP contribution in [-0.4, -0.2) is 30.2 Å². The van der Waals surface area contributed by atoms with Crippen molar-refractivity contribution in [3.8, 4) is 0 Å². The van der Waals surface area contributed by atoms with Gasteiger partial charge in [0, 0.05) is 18.7 Å². The molecule has 2 aromatic rings. The number of hydrogen-bond donors (Lipinski definition) is 1. The topological polar surface area (TPSA) is 66.5 Å². The van der Waals surface area contributed by atoms with Gasteiger partial charge in [-0.1, -0.05) is 30.3 Å². The molecular formula is C23H22F2N2O3. The molecule has 7 heteroatoms. The lowest BCUT2D eigenvalue weighted by Crippen LogP contribution is -2.43. The molecular weight excluding hydrogens is 390 g/mol. The number of Topliss-reactive ketones (excluding diaryl/α,β-unsaturated/α-hetero) is 1. The molecule has 1 atom stereocenters. The van der Waals surface area contributed by atoms with Gasteiger partial charge >= 0.3 is 0 Å². The van der Waals surface area contributed by atoms with Gasteiger partial charge in [0.2, 0.25) is 11.7 Å². The Labute approximate surface area is 173 Å². The quantitative estimate of drug-likeness (QED) is 0.619. The molecule has 1 unspecified atom stereocenters. The minimum Gasteiger partial charge on any atom is -0.353 e. The Morgan fingerprint density at radius 1 is 0.967 bits per heavy atom. The minimum absolute atomic E-state index is 0.0584. The van der Waals surface area contributed by atoms with Crippen LogP contribution in [0.15, 0.2) is 48.5 Å². The van der Waals surface area contributed by atoms with Gasteiger partial charge in [0.1, 0.15) is 17.6 Å². The molecule has 2 amide bonds. The molecule has 1 heterocycles. The number of hydrogen-bond acceptors (Lipinski definition) is 3. The van der Waals surface area contributed by atoms with Crippen LogP contribution in [0, 0.1) is 17.6 Å². The third-order valence-corrected chi connectivity index (χ3v) is 6.00. The van der Waals surface area contributed by atoms with Gasteiger partial charge < -0.3 is 10.2 Å². The standard InChI is InChI=1S/C23H22F2N2O3/c24-16-8-11-20(19(25)12-16)27-13-18(21(28)23(27)30)22(29)26-17-9-6-15(7-10-17)14-4-2-1-3-5-14/h1-5,8,11-12,15,17-18H,6-7,9-10,13H2,(H,26,29). The van der Waals surface area contributed by atoms with Gasteiger partial charge in [-0.05, 0) is 49.3 Å². The number of benzene rings is 2. The summed E-state index contributed by atoms with van der Waals surface area (Å²) in [5, 5.41) is 2.89. The number of carbonyl (C=O) groups excluding carboxylic acids is 3. The molecule has 0 radical (unpaired) electrons. The maximum absolute atomic E-state index is 14.0. The van der Waals surface area contributed by atoms with Crippen LogP contribution in [0.5, 0.6) is 0 Å². The average molecular weight is 412 g/mol. The summed E-state index contributed by atoms with van der Waals surface area (Å²) >= 11 is 0. The van der Waals surface area contributed by atoms with Gasteiger partial charge in [-0.15, -0.1) is 0 Å². The predicted octanol–water partition coefficient (Wildman–Crippen LogP) is 3.34. The first kappa shape index (κ1) is 20.2. The number of carbonyl (C=O) groups is 3. The highest BCUT2D eigenvalue weighted by Gasteiger charge is 2.45. The second-order valence-corrected chi connectivity index (χ2v) is 7.90. The SMILES string of the molecule is O=C(NC1CCC(c2ccccc2)CC1)C1CN(c2ccc(F)cc2F)C(=O)C1=O. The van der Waals surface area contributed by atoms with Crippen LogP contribution in [0.1, 0.15) is 37.2 Å². The zero-order valence-corrected chi connectivity index (χ0v) is 16.3. The highest BCUT2D eigenvalue weighted by atomic mass is 19.1. The van der Waals surface area contributed by atoms with E-state index in [9.17, 15) is 23.2 Å². The third kappa shape index (κ3) is 3.97. The van der Waals surface area contributed by atoms with Crippen LogP contribution in [0.4, 0.5) is 14.5 Å². The van der Waals surface area contributed by atoms with E-state index in [0.29, 0.717) is 12.0 Å². The van der Waals surface area contributed by atoms with Crippen molar-refractivity contribution in [2.45, 2.75) is 37.6 Å². The predicted molar refractivity (Wildman–Crippen MR) is 107 cm³/mol. The number of nitrogens with zero attached hydrogens (tertiary/aromatic N) is 1. The van der Waals surface area contributed by atoms with E-state index in [2.05, 4.69) is 17.4 Å². The Hall–Kier alpha value is -3.09. The van der Waals surface area contributed by atoms with Crippen molar-refractivity contribution < 1.29 is 23.2 Å². The molecule has 30 heavy (non-hydrogen) atoms. The summed E-state index contributed by atoms with van der Waals surface area (Å²) in [5.41, 5.74) is 1.09. The average Bonchev–Trinajstić information content (AvgIpc) is 3.04. The van der Waals surface area contributed by atoms with Crippen molar-refractivity contribution >= 4 is 23.3 Å². The van der Waals surface area contributed by atoms with E-state index in [0.717, 1.165) is 42.7 Å². The molecule has 1 aliphatic heterocycles. The van der Waals surface area contributed by atoms with Crippen molar-refractivity contribution in [3.63, 3.8) is 0 Å². The van der Waals surface area contributed by atoms with Crippen molar-refractivity contribution in [1.29, 1.82) is 0 Å². The maximum Gasteiger partial charge on any atom is 0.295 e. The normalized spacial score (nSPS) is 24.2. The van der Waals surface area contributed by atoms with Crippen LogP contribution in [0.3, 0.4) is 0 Å². The fraction of sp³-hybridized carbons (Fsp3) is 0.348. The highest BCUT2D eigenvalue weighted by molar-refractivity contribution is 6.47. The van der Waals surface area contributed by atoms with Gasteiger partial charge in [0.25, 0.3) is 5.91 Å². The Kier molecular flexibility index (Phi) is 5.61. The summed E-state index contributed by atoms with van der Waals surface area (Å²) in [7, 11) is 0. The summed E-state index contributed by atoms with van der Waals surface area (Å²) in [6.45, 7) is -0.245. The van der Waals surface area contributed by atoms with Gasteiger partial charge in [-0.25, -0.2) is 8.78 Å². The van der Waals surface area contributed by atoms with Crippen molar-refractivity contribution in [2.75, 3.05) is 11.4 Å². The first-order chi connectivity index (χ1) is 14.4. The Morgan fingerprint density at radius 3 is 2.33 bits per heavy atom. The molecule has 5 nitrogen and oxygen atoms in total. The molecule has 0 aromatic heterocycles. The summed E-state index contributed by atoms with van der Waals surface area (Å²) in [5.74, 6) is -4.80. The Bertz CT molecular complexity index is 972. The Balaban J connectivity index is 1.37. The fourth-order valence-corrected chi connectivity index (χ4v) is 4.34. The smallest absolute Gasteiger partial charge is 0.295 e. The van der Waals surface area contributed by atoms with Gasteiger partial charge in [0.05, 0.1) is 5.69 Å². The van der Waals surface area contributed by atoms with Crippen molar-refractivity contribution in [3.05, 3.63) is 65.7 Å². The number of ketones is 1. The molecule has 2 fully saturated rings. The maximum atomic E-state index is 14.0. The molecule has 4 rings (SSSR count). The van der Waals surface area contributed by atoms with Crippen molar-refractivity contribution in [1.82, 2.24) is 5.32 Å². The van der Waals surface area contributed by atoms with Crippen LogP contribution in [0.2, 0.25) is 0 Å². The van der Waals surface area contributed by atoms with Crippen LogP contribution >= 0.6 is 0 Å². The first-order valence-electron chi connectivity index (χ1n) is 10.1. The summed E-state index contributed by atoms with van der Waals surface area (Å²) < 4.78 is 27.2. The zero-order chi connectivity index (χ0) is 21.3. The number of anilines is 1. The monoisotopic (exact) mass is 412 g/mol. The van der Waals surface area contributed by atoms with Crippen LogP contribution in [-0.2, 0) is 14.4 Å². The highest BCUT2D eigenvalue weighted by Crippen LogP contribution is 2.33. The first-order valence-corrected chi connectivity index (χ1v) is 10.1. The molecule has 1 N–H and O–H groups in total. The lowest BCUT2D eigenvalue weighted by atomic mass is 9.81. The van der Waals surface area contributed by atoms with Crippen LogP contribution < -0.4 is 10.2 Å². The van der Waals surface area contributed by atoms with E-state index >= 15 is 0 Å². The Morgan fingerprint density at radius 2 is 1.67 bits per heavy atom. The van der Waals surface area contributed by atoms with Gasteiger partial charge in [0.15, 0.2) is 0 Å². The van der Waals surface area contributed by atoms with E-state index in [1.165, 1.54) is 5.56 Å². The summed E-state index contributed by atoms with van der Waals surface area (Å²) in [6, 6.07) is 12.9. The largest absolute Gasteiger partial charge is 0.353 e. The molecule has 1 saturated heterocycles. The van der Waals surface area contributed by atoms with E-state index in [-0.39, 0.29) is 18.3 Å². The van der Waals surface area contributed by atoms with E-state index < -0.39 is 35.1 Å². The fourth-order valence-electron chi connectivity index (χ4n) is 4.34. The van der Waals surface area contributed by atoms with Crippen LogP contribution in [0.25, 0.3) is 0 Å². The number of nitrogens with one attached hydrogen (secondary N) is 1. The number of amides is 2. The molecule has 0 bridgehead atoms.